The van der Waals surface area contributed by atoms with Crippen LogP contribution in [0.2, 0.25) is 0 Å². The molecule has 0 unspecified atom stereocenters. The monoisotopic (exact) mass is 264 g/mol. The Balaban J connectivity index is 2.99. The standard InChI is InChI=1S/C13H18F4N/c1-9(2)18(3,4)8-10-5-6-11(12(14)7-10)13(15,16)17/h5-7,9H,8H2,1-4H3/q+1. The Kier molecular flexibility index (Phi) is 4.05. The third kappa shape index (κ3) is 3.45. The summed E-state index contributed by atoms with van der Waals surface area (Å²) < 4.78 is 51.2. The third-order valence-corrected chi connectivity index (χ3v) is 3.33. The Morgan fingerprint density at radius 2 is 1.72 bits per heavy atom. The molecular formula is C13H18F4N+. The molecule has 18 heavy (non-hydrogen) atoms. The third-order valence-electron chi connectivity index (χ3n) is 3.33. The molecule has 0 radical (unpaired) electrons. The van der Waals surface area contributed by atoms with Crippen molar-refractivity contribution in [3.8, 4) is 0 Å². The van der Waals surface area contributed by atoms with Gasteiger partial charge in [-0.25, -0.2) is 4.39 Å². The summed E-state index contributed by atoms with van der Waals surface area (Å²) >= 11 is 0. The van der Waals surface area contributed by atoms with Crippen molar-refractivity contribution in [3.63, 3.8) is 0 Å². The first-order chi connectivity index (χ1) is 8.04. The summed E-state index contributed by atoms with van der Waals surface area (Å²) in [5, 5.41) is 0. The number of quaternary nitrogens is 1. The van der Waals surface area contributed by atoms with Crippen molar-refractivity contribution in [1.29, 1.82) is 0 Å². The van der Waals surface area contributed by atoms with E-state index in [2.05, 4.69) is 0 Å². The smallest absolute Gasteiger partial charge is 0.323 e. The Morgan fingerprint density at radius 1 is 1.17 bits per heavy atom. The van der Waals surface area contributed by atoms with Crippen LogP contribution in [0.1, 0.15) is 25.0 Å². The Morgan fingerprint density at radius 3 is 2.11 bits per heavy atom. The first kappa shape index (κ1) is 15.0. The maximum Gasteiger partial charge on any atom is 0.419 e. The second-order valence-corrected chi connectivity index (χ2v) is 5.34. The highest BCUT2D eigenvalue weighted by Gasteiger charge is 2.34. The molecule has 1 nitrogen and oxygen atoms in total. The number of nitrogens with zero attached hydrogens (tertiary/aromatic N) is 1. The van der Waals surface area contributed by atoms with E-state index in [0.29, 0.717) is 22.6 Å². The van der Waals surface area contributed by atoms with Crippen LogP contribution in [-0.4, -0.2) is 24.6 Å². The van der Waals surface area contributed by atoms with Gasteiger partial charge in [-0.15, -0.1) is 0 Å². The van der Waals surface area contributed by atoms with Crippen molar-refractivity contribution in [3.05, 3.63) is 35.1 Å². The van der Waals surface area contributed by atoms with Gasteiger partial charge in [0.15, 0.2) is 0 Å². The number of hydrogen-bond acceptors (Lipinski definition) is 0. The SMILES string of the molecule is CC(C)[N+](C)(C)Cc1ccc(C(F)(F)F)c(F)c1. The fourth-order valence-corrected chi connectivity index (χ4v) is 1.54. The predicted molar refractivity (Wildman–Crippen MR) is 62.4 cm³/mol. The molecule has 0 N–H and O–H groups in total. The molecular weight excluding hydrogens is 246 g/mol. The molecule has 0 amide bonds. The minimum atomic E-state index is -4.63. The fourth-order valence-electron chi connectivity index (χ4n) is 1.54. The van der Waals surface area contributed by atoms with Crippen LogP contribution in [0.4, 0.5) is 17.6 Å². The maximum absolute atomic E-state index is 13.4. The normalized spacial score (nSPS) is 13.2. The van der Waals surface area contributed by atoms with Crippen LogP contribution in [0.15, 0.2) is 18.2 Å². The Labute approximate surface area is 105 Å². The van der Waals surface area contributed by atoms with E-state index in [9.17, 15) is 17.6 Å². The number of alkyl halides is 3. The van der Waals surface area contributed by atoms with E-state index in [1.54, 1.807) is 0 Å². The van der Waals surface area contributed by atoms with Crippen LogP contribution in [0.5, 0.6) is 0 Å². The summed E-state index contributed by atoms with van der Waals surface area (Å²) in [6.45, 7) is 4.52. The van der Waals surface area contributed by atoms with E-state index in [1.807, 2.05) is 27.9 Å². The molecule has 1 aromatic rings. The second-order valence-electron chi connectivity index (χ2n) is 5.34. The predicted octanol–water partition coefficient (Wildman–Crippen LogP) is 3.83. The van der Waals surface area contributed by atoms with Gasteiger partial charge in [0.1, 0.15) is 12.4 Å². The van der Waals surface area contributed by atoms with Gasteiger partial charge in [-0.1, -0.05) is 6.07 Å². The zero-order valence-corrected chi connectivity index (χ0v) is 11.0. The lowest BCUT2D eigenvalue weighted by Gasteiger charge is -2.34. The second kappa shape index (κ2) is 4.88. The van der Waals surface area contributed by atoms with Gasteiger partial charge in [0.05, 0.1) is 25.7 Å². The summed E-state index contributed by atoms with van der Waals surface area (Å²) in [6, 6.07) is 3.43. The van der Waals surface area contributed by atoms with E-state index in [1.165, 1.54) is 6.07 Å². The Bertz CT molecular complexity index is 421. The van der Waals surface area contributed by atoms with Crippen molar-refractivity contribution in [2.75, 3.05) is 14.1 Å². The summed E-state index contributed by atoms with van der Waals surface area (Å²) in [7, 11) is 3.92. The molecule has 0 aliphatic carbocycles. The molecule has 0 atom stereocenters. The Hall–Kier alpha value is -1.10. The molecule has 5 heteroatoms. The molecule has 0 saturated heterocycles. The summed E-state index contributed by atoms with van der Waals surface area (Å²) in [5.41, 5.74) is -0.639. The first-order valence-electron chi connectivity index (χ1n) is 5.72. The van der Waals surface area contributed by atoms with Crippen LogP contribution in [0.25, 0.3) is 0 Å². The lowest BCUT2D eigenvalue weighted by atomic mass is 10.1. The van der Waals surface area contributed by atoms with Crippen LogP contribution >= 0.6 is 0 Å². The topological polar surface area (TPSA) is 0 Å². The number of rotatable bonds is 3. The average molecular weight is 264 g/mol. The van der Waals surface area contributed by atoms with Crippen LogP contribution in [0.3, 0.4) is 0 Å². The quantitative estimate of drug-likeness (QED) is 0.575. The molecule has 0 aliphatic heterocycles. The van der Waals surface area contributed by atoms with Gasteiger partial charge in [0.2, 0.25) is 0 Å². The van der Waals surface area contributed by atoms with E-state index >= 15 is 0 Å². The zero-order chi connectivity index (χ0) is 14.1. The number of halogens is 4. The highest BCUT2D eigenvalue weighted by molar-refractivity contribution is 5.26. The summed E-state index contributed by atoms with van der Waals surface area (Å²) in [6.07, 6.45) is -4.63. The van der Waals surface area contributed by atoms with Crippen LogP contribution < -0.4 is 0 Å². The summed E-state index contributed by atoms with van der Waals surface area (Å²) in [4.78, 5) is 0. The van der Waals surface area contributed by atoms with Gasteiger partial charge in [-0.05, 0) is 26.0 Å². The van der Waals surface area contributed by atoms with Crippen LogP contribution in [-0.2, 0) is 12.7 Å². The van der Waals surface area contributed by atoms with Gasteiger partial charge in [0, 0.05) is 5.56 Å². The van der Waals surface area contributed by atoms with Gasteiger partial charge < -0.3 is 4.48 Å². The first-order valence-corrected chi connectivity index (χ1v) is 5.72. The van der Waals surface area contributed by atoms with Crippen molar-refractivity contribution in [2.24, 2.45) is 0 Å². The van der Waals surface area contributed by atoms with Crippen molar-refractivity contribution in [2.45, 2.75) is 32.6 Å². The van der Waals surface area contributed by atoms with E-state index < -0.39 is 17.6 Å². The minimum absolute atomic E-state index is 0.301. The molecule has 0 fully saturated rings. The summed E-state index contributed by atoms with van der Waals surface area (Å²) in [5.74, 6) is -1.20. The molecule has 102 valence electrons. The van der Waals surface area contributed by atoms with Crippen molar-refractivity contribution < 1.29 is 22.0 Å². The molecule has 0 aromatic heterocycles. The molecule has 0 bridgehead atoms. The van der Waals surface area contributed by atoms with Gasteiger partial charge >= 0.3 is 6.18 Å². The van der Waals surface area contributed by atoms with Gasteiger partial charge in [0.25, 0.3) is 0 Å². The molecule has 0 aliphatic rings. The molecule has 0 saturated carbocycles. The molecule has 0 heterocycles. The van der Waals surface area contributed by atoms with Crippen LogP contribution in [0, 0.1) is 5.82 Å². The molecule has 0 spiro atoms. The number of hydrogen-bond donors (Lipinski definition) is 0. The highest BCUT2D eigenvalue weighted by Crippen LogP contribution is 2.32. The van der Waals surface area contributed by atoms with E-state index in [-0.39, 0.29) is 0 Å². The number of benzene rings is 1. The van der Waals surface area contributed by atoms with E-state index in [4.69, 9.17) is 0 Å². The van der Waals surface area contributed by atoms with E-state index in [0.717, 1.165) is 12.1 Å². The fraction of sp³-hybridized carbons (Fsp3) is 0.538. The zero-order valence-electron chi connectivity index (χ0n) is 11.0. The molecule has 1 aromatic carbocycles. The van der Waals surface area contributed by atoms with Gasteiger partial charge in [-0.3, -0.25) is 0 Å². The lowest BCUT2D eigenvalue weighted by Crippen LogP contribution is -2.44. The van der Waals surface area contributed by atoms with Crippen molar-refractivity contribution in [1.82, 2.24) is 0 Å². The van der Waals surface area contributed by atoms with Gasteiger partial charge in [-0.2, -0.15) is 13.2 Å². The highest BCUT2D eigenvalue weighted by atomic mass is 19.4. The lowest BCUT2D eigenvalue weighted by molar-refractivity contribution is -0.924. The molecule has 1 rings (SSSR count). The largest absolute Gasteiger partial charge is 0.419 e. The average Bonchev–Trinajstić information content (AvgIpc) is 2.14. The van der Waals surface area contributed by atoms with Crippen molar-refractivity contribution >= 4 is 0 Å². The maximum atomic E-state index is 13.4. The minimum Gasteiger partial charge on any atom is -0.323 e.